The number of thioether (sulfide) groups is 4. The van der Waals surface area contributed by atoms with Crippen molar-refractivity contribution in [3.05, 3.63) is 0 Å². The molecular formula is C35H74N4O12S4. The van der Waals surface area contributed by atoms with E-state index in [9.17, 15) is 19.2 Å². The lowest BCUT2D eigenvalue weighted by atomic mass is 10.1. The highest BCUT2D eigenvalue weighted by Gasteiger charge is 2.20. The van der Waals surface area contributed by atoms with Crippen LogP contribution in [0.15, 0.2) is 0 Å². The lowest BCUT2D eigenvalue weighted by molar-refractivity contribution is -0.138. The third kappa shape index (κ3) is 37.0. The number of hydrogen-bond acceptors (Lipinski definition) is 16. The highest BCUT2D eigenvalue weighted by atomic mass is 32.2. The number of aliphatic carboxylic acids is 4. The lowest BCUT2D eigenvalue weighted by Crippen LogP contribution is -2.34. The number of carboxylic acids is 4. The van der Waals surface area contributed by atoms with E-state index in [1.807, 2.05) is 27.7 Å². The van der Waals surface area contributed by atoms with Crippen LogP contribution in [0.2, 0.25) is 0 Å². The summed E-state index contributed by atoms with van der Waals surface area (Å²) in [5.74, 6) is -1.88. The van der Waals surface area contributed by atoms with E-state index in [4.69, 9.17) is 63.8 Å². The summed E-state index contributed by atoms with van der Waals surface area (Å²) >= 11 is 6.09. The van der Waals surface area contributed by atoms with Gasteiger partial charge in [0.1, 0.15) is 24.2 Å². The molecule has 55 heavy (non-hydrogen) atoms. The molecule has 0 amide bonds. The summed E-state index contributed by atoms with van der Waals surface area (Å²) in [5.41, 5.74) is 21.5. The molecule has 0 aromatic heterocycles. The minimum Gasteiger partial charge on any atom is -0.480 e. The summed E-state index contributed by atoms with van der Waals surface area (Å²) in [5, 5.41) is 70.7. The van der Waals surface area contributed by atoms with Gasteiger partial charge in [-0.05, 0) is 43.9 Å². The number of carboxylic acid groups (broad SMARTS) is 4. The lowest BCUT2D eigenvalue weighted by Gasteiger charge is -2.21. The summed E-state index contributed by atoms with van der Waals surface area (Å²) < 4.78 is 0. The Morgan fingerprint density at radius 2 is 0.800 bits per heavy atom. The van der Waals surface area contributed by atoms with E-state index in [-0.39, 0.29) is 48.8 Å². The van der Waals surface area contributed by atoms with Gasteiger partial charge in [0.05, 0.1) is 0 Å². The minimum atomic E-state index is -0.976. The Hall–Kier alpha value is -1.04. The Labute approximate surface area is 345 Å². The van der Waals surface area contributed by atoms with E-state index in [1.54, 1.807) is 23.5 Å². The maximum absolute atomic E-state index is 10.5. The van der Waals surface area contributed by atoms with Crippen molar-refractivity contribution in [2.45, 2.75) is 132 Å². The molecule has 0 bridgehead atoms. The normalized spacial score (nSPS) is 16.3. The van der Waals surface area contributed by atoms with Crippen LogP contribution in [0.5, 0.6) is 0 Å². The van der Waals surface area contributed by atoms with E-state index in [1.165, 1.54) is 23.5 Å². The standard InChI is InChI=1S/3C9H19NO3S.C8H17NO3S/c1-3-8(6(2)4-11)14-5-7(10)9(12)13;2*1-2-3-7(4-5-11)14-6-8(10)9(12)13;1-5(3-10)6(2)13-4-7(9)8(11)12/h6-8,11H,3-5,10H2,1-2H3,(H,12,13);2*7-8,11H,2-6,10H2,1H3,(H,12,13);5-7,10H,3-4,9H2,1-2H3,(H,11,12). The highest BCUT2D eigenvalue weighted by molar-refractivity contribution is 8.00. The molecule has 0 aliphatic rings. The van der Waals surface area contributed by atoms with Crippen molar-refractivity contribution in [2.75, 3.05) is 49.4 Å². The van der Waals surface area contributed by atoms with Crippen molar-refractivity contribution in [1.82, 2.24) is 0 Å². The Balaban J connectivity index is -0.000000315. The van der Waals surface area contributed by atoms with Crippen molar-refractivity contribution in [3.8, 4) is 0 Å². The van der Waals surface area contributed by atoms with Gasteiger partial charge >= 0.3 is 23.9 Å². The first kappa shape index (κ1) is 60.6. The van der Waals surface area contributed by atoms with Gasteiger partial charge in [-0.25, -0.2) is 0 Å². The molecule has 20 heteroatoms. The average Bonchev–Trinajstić information content (AvgIpc) is 3.14. The minimum absolute atomic E-state index is 0.122. The van der Waals surface area contributed by atoms with E-state index in [0.717, 1.165) is 32.1 Å². The molecule has 0 aliphatic heterocycles. The number of aliphatic hydroxyl groups excluding tert-OH is 4. The van der Waals surface area contributed by atoms with Crippen LogP contribution in [0, 0.1) is 11.8 Å². The number of hydrogen-bond donors (Lipinski definition) is 12. The van der Waals surface area contributed by atoms with Crippen LogP contribution >= 0.6 is 47.0 Å². The molecule has 0 saturated carbocycles. The van der Waals surface area contributed by atoms with Crippen LogP contribution in [-0.4, -0.2) is 159 Å². The average molecular weight is 871 g/mol. The maximum atomic E-state index is 10.5. The molecule has 0 rings (SSSR count). The first-order valence-corrected chi connectivity index (χ1v) is 22.8. The fourth-order valence-electron chi connectivity index (χ4n) is 3.92. The van der Waals surface area contributed by atoms with Crippen molar-refractivity contribution in [2.24, 2.45) is 34.8 Å². The molecule has 0 aromatic rings. The molecule has 0 spiro atoms. The third-order valence-electron chi connectivity index (χ3n) is 7.86. The van der Waals surface area contributed by atoms with E-state index in [2.05, 4.69) is 13.8 Å². The number of carbonyl (C=O) groups is 4. The maximum Gasteiger partial charge on any atom is 0.321 e. The highest BCUT2D eigenvalue weighted by Crippen LogP contribution is 2.23. The molecule has 0 radical (unpaired) electrons. The predicted octanol–water partition coefficient (Wildman–Crippen LogP) is 2.05. The van der Waals surface area contributed by atoms with Gasteiger partial charge in [0, 0.05) is 70.4 Å². The van der Waals surface area contributed by atoms with Gasteiger partial charge in [-0.3, -0.25) is 19.2 Å². The predicted molar refractivity (Wildman–Crippen MR) is 229 cm³/mol. The van der Waals surface area contributed by atoms with Gasteiger partial charge in [-0.15, -0.1) is 0 Å². The fourth-order valence-corrected chi connectivity index (χ4v) is 8.82. The molecule has 0 saturated heterocycles. The molecule has 10 atom stereocenters. The van der Waals surface area contributed by atoms with Crippen LogP contribution < -0.4 is 22.9 Å². The zero-order valence-corrected chi connectivity index (χ0v) is 36.8. The second-order valence-corrected chi connectivity index (χ2v) is 18.3. The van der Waals surface area contributed by atoms with Crippen LogP contribution in [0.4, 0.5) is 0 Å². The Morgan fingerprint density at radius 1 is 0.491 bits per heavy atom. The van der Waals surface area contributed by atoms with E-state index in [0.29, 0.717) is 46.4 Å². The molecule has 16 nitrogen and oxygen atoms in total. The number of rotatable bonds is 29. The van der Waals surface area contributed by atoms with E-state index >= 15 is 0 Å². The van der Waals surface area contributed by atoms with Crippen LogP contribution in [0.1, 0.15) is 86.5 Å². The zero-order chi connectivity index (χ0) is 43.5. The first-order valence-electron chi connectivity index (χ1n) is 18.6. The van der Waals surface area contributed by atoms with Crippen molar-refractivity contribution in [3.63, 3.8) is 0 Å². The quantitative estimate of drug-likeness (QED) is 0.0512. The summed E-state index contributed by atoms with van der Waals surface area (Å²) in [6, 6.07) is -3.20. The molecule has 0 aromatic carbocycles. The number of nitrogens with two attached hydrogens (primary N) is 4. The van der Waals surface area contributed by atoms with Crippen LogP contribution in [0.25, 0.3) is 0 Å². The first-order chi connectivity index (χ1) is 25.7. The summed E-state index contributed by atoms with van der Waals surface area (Å²) in [6.07, 6.45) is 6.42. The second-order valence-electron chi connectivity index (χ2n) is 12.9. The summed E-state index contributed by atoms with van der Waals surface area (Å²) in [6.45, 7) is 12.6. The Bertz CT molecular complexity index is 919. The Morgan fingerprint density at radius 3 is 1.05 bits per heavy atom. The second kappa shape index (κ2) is 39.8. The van der Waals surface area contributed by atoms with Crippen LogP contribution in [0.3, 0.4) is 0 Å². The van der Waals surface area contributed by atoms with Crippen molar-refractivity contribution < 1.29 is 60.0 Å². The molecule has 0 heterocycles. The van der Waals surface area contributed by atoms with Gasteiger partial charge < -0.3 is 63.8 Å². The smallest absolute Gasteiger partial charge is 0.321 e. The largest absolute Gasteiger partial charge is 0.480 e. The molecule has 10 unspecified atom stereocenters. The molecule has 330 valence electrons. The van der Waals surface area contributed by atoms with E-state index < -0.39 is 48.0 Å². The van der Waals surface area contributed by atoms with Gasteiger partial charge in [0.25, 0.3) is 0 Å². The summed E-state index contributed by atoms with van der Waals surface area (Å²) in [7, 11) is 0. The Kier molecular flexibility index (Phi) is 43.8. The molecule has 16 N–H and O–H groups in total. The monoisotopic (exact) mass is 870 g/mol. The van der Waals surface area contributed by atoms with Gasteiger partial charge in [0.15, 0.2) is 0 Å². The summed E-state index contributed by atoms with van der Waals surface area (Å²) in [4.78, 5) is 41.7. The number of aliphatic hydroxyl groups is 4. The van der Waals surface area contributed by atoms with Crippen LogP contribution in [-0.2, 0) is 19.2 Å². The van der Waals surface area contributed by atoms with Gasteiger partial charge in [-0.2, -0.15) is 47.0 Å². The third-order valence-corrected chi connectivity index (χ3v) is 14.2. The SMILES string of the molecule is CC(CO)C(C)SCC(N)C(=O)O.CCC(SCC(N)C(=O)O)C(C)CO.CCCC(CCO)SCC(N)C(=O)O.CCCC(CCO)SCC(N)C(=O)O. The molecular weight excluding hydrogens is 797 g/mol. The van der Waals surface area contributed by atoms with Gasteiger partial charge in [0.2, 0.25) is 0 Å². The topological polar surface area (TPSA) is 334 Å². The van der Waals surface area contributed by atoms with Crippen molar-refractivity contribution >= 4 is 70.9 Å². The zero-order valence-electron chi connectivity index (χ0n) is 33.5. The molecule has 0 aliphatic carbocycles. The van der Waals surface area contributed by atoms with Gasteiger partial charge in [-0.1, -0.05) is 54.4 Å². The molecule has 0 fully saturated rings. The fraction of sp³-hybridized carbons (Fsp3) is 0.886. The van der Waals surface area contributed by atoms with Crippen molar-refractivity contribution in [1.29, 1.82) is 0 Å².